The van der Waals surface area contributed by atoms with Gasteiger partial charge < -0.3 is 5.11 Å². The van der Waals surface area contributed by atoms with Crippen LogP contribution in [0.1, 0.15) is 42.9 Å². The molecule has 1 aliphatic rings. The van der Waals surface area contributed by atoms with Crippen LogP contribution in [0.4, 0.5) is 13.2 Å². The summed E-state index contributed by atoms with van der Waals surface area (Å²) in [5, 5.41) is 9.94. The quantitative estimate of drug-likeness (QED) is 0.904. The van der Waals surface area contributed by atoms with Crippen molar-refractivity contribution >= 4 is 0 Å². The number of aliphatic hydroxyl groups is 1. The highest BCUT2D eigenvalue weighted by Crippen LogP contribution is 2.35. The highest BCUT2D eigenvalue weighted by atomic mass is 19.4. The minimum atomic E-state index is -4.21. The molecule has 1 aromatic heterocycles. The van der Waals surface area contributed by atoms with Crippen LogP contribution >= 0.6 is 0 Å². The summed E-state index contributed by atoms with van der Waals surface area (Å²) >= 11 is 0. The molecular formula is C13H16F3NO. The van der Waals surface area contributed by atoms with Crippen LogP contribution in [0.5, 0.6) is 0 Å². The fraction of sp³-hybridized carbons (Fsp3) is 0.615. The molecule has 0 radical (unpaired) electrons. The normalized spacial score (nSPS) is 21.4. The van der Waals surface area contributed by atoms with Gasteiger partial charge in [-0.15, -0.1) is 0 Å². The molecule has 0 spiro atoms. The van der Waals surface area contributed by atoms with E-state index in [1.54, 1.807) is 6.20 Å². The number of rotatable bonds is 3. The lowest BCUT2D eigenvalue weighted by Crippen LogP contribution is -2.25. The molecule has 0 aliphatic heterocycles. The Labute approximate surface area is 104 Å². The molecule has 5 heteroatoms. The number of aryl methyl sites for hydroxylation is 1. The zero-order valence-corrected chi connectivity index (χ0v) is 9.95. The number of aliphatic hydroxyl groups excluding tert-OH is 1. The third-order valence-corrected chi connectivity index (χ3v) is 3.43. The van der Waals surface area contributed by atoms with Gasteiger partial charge in [-0.2, -0.15) is 13.2 Å². The van der Waals surface area contributed by atoms with Crippen molar-refractivity contribution in [1.82, 2.24) is 4.98 Å². The lowest BCUT2D eigenvalue weighted by molar-refractivity contribution is -0.140. The van der Waals surface area contributed by atoms with E-state index in [1.165, 1.54) is 0 Å². The largest absolute Gasteiger partial charge is 0.392 e. The highest BCUT2D eigenvalue weighted by molar-refractivity contribution is 5.26. The maximum atomic E-state index is 12.2. The van der Waals surface area contributed by atoms with Crippen molar-refractivity contribution in [3.63, 3.8) is 0 Å². The highest BCUT2D eigenvalue weighted by Gasteiger charge is 2.32. The fourth-order valence-electron chi connectivity index (χ4n) is 2.53. The Kier molecular flexibility index (Phi) is 3.90. The zero-order chi connectivity index (χ0) is 13.2. The van der Waals surface area contributed by atoms with Gasteiger partial charge >= 0.3 is 6.18 Å². The van der Waals surface area contributed by atoms with E-state index in [0.717, 1.165) is 24.1 Å². The Morgan fingerprint density at radius 3 is 2.94 bits per heavy atom. The van der Waals surface area contributed by atoms with Crippen molar-refractivity contribution in [3.05, 3.63) is 29.6 Å². The van der Waals surface area contributed by atoms with Gasteiger partial charge in [-0.25, -0.2) is 0 Å². The van der Waals surface area contributed by atoms with Gasteiger partial charge in [0.25, 0.3) is 0 Å². The van der Waals surface area contributed by atoms with E-state index in [-0.39, 0.29) is 12.3 Å². The van der Waals surface area contributed by atoms with Gasteiger partial charge in [-0.1, -0.05) is 6.07 Å². The molecule has 2 atom stereocenters. The van der Waals surface area contributed by atoms with Gasteiger partial charge in [0.05, 0.1) is 6.10 Å². The van der Waals surface area contributed by atoms with Crippen LogP contribution < -0.4 is 0 Å². The Hall–Kier alpha value is -1.10. The maximum Gasteiger partial charge on any atom is 0.389 e. The number of halogens is 3. The summed E-state index contributed by atoms with van der Waals surface area (Å²) in [5.41, 5.74) is 1.83. The van der Waals surface area contributed by atoms with Gasteiger partial charge in [-0.05, 0) is 37.3 Å². The van der Waals surface area contributed by atoms with Crippen LogP contribution in [0.25, 0.3) is 0 Å². The molecule has 0 aromatic carbocycles. The van der Waals surface area contributed by atoms with Crippen LogP contribution in [0, 0.1) is 0 Å². The van der Waals surface area contributed by atoms with E-state index >= 15 is 0 Å². The topological polar surface area (TPSA) is 33.1 Å². The number of hydrogen-bond acceptors (Lipinski definition) is 2. The van der Waals surface area contributed by atoms with Crippen molar-refractivity contribution < 1.29 is 18.3 Å². The first-order valence-corrected chi connectivity index (χ1v) is 6.16. The monoisotopic (exact) mass is 259 g/mol. The number of nitrogens with zero attached hydrogens (tertiary/aromatic N) is 1. The van der Waals surface area contributed by atoms with E-state index in [0.29, 0.717) is 6.42 Å². The molecule has 0 amide bonds. The molecule has 2 rings (SSSR count). The third-order valence-electron chi connectivity index (χ3n) is 3.43. The van der Waals surface area contributed by atoms with Crippen molar-refractivity contribution in [2.24, 2.45) is 0 Å². The molecule has 1 heterocycles. The van der Waals surface area contributed by atoms with Gasteiger partial charge in [0.1, 0.15) is 0 Å². The summed E-state index contributed by atoms with van der Waals surface area (Å²) in [7, 11) is 0. The van der Waals surface area contributed by atoms with Gasteiger partial charge in [-0.3, -0.25) is 4.98 Å². The predicted molar refractivity (Wildman–Crippen MR) is 61.2 cm³/mol. The van der Waals surface area contributed by atoms with Gasteiger partial charge in [0, 0.05) is 24.2 Å². The van der Waals surface area contributed by atoms with E-state index < -0.39 is 18.7 Å². The van der Waals surface area contributed by atoms with Crippen LogP contribution in [0.15, 0.2) is 18.3 Å². The summed E-state index contributed by atoms with van der Waals surface area (Å²) in [6.07, 6.45) is -2.21. The molecule has 1 aromatic rings. The minimum Gasteiger partial charge on any atom is -0.392 e. The van der Waals surface area contributed by atoms with Crippen molar-refractivity contribution in [1.29, 1.82) is 0 Å². The smallest absolute Gasteiger partial charge is 0.389 e. The molecule has 0 fully saturated rings. The first-order chi connectivity index (χ1) is 8.47. The van der Waals surface area contributed by atoms with Gasteiger partial charge in [0.2, 0.25) is 0 Å². The van der Waals surface area contributed by atoms with E-state index in [2.05, 4.69) is 4.98 Å². The molecular weight excluding hydrogens is 243 g/mol. The fourth-order valence-corrected chi connectivity index (χ4v) is 2.53. The maximum absolute atomic E-state index is 12.2. The second-order valence-electron chi connectivity index (χ2n) is 4.77. The number of fused-ring (bicyclic) bond motifs is 1. The standard InChI is InChI=1S/C13H16F3NO/c14-13(15,16)7-6-11(18)10-5-1-3-9-4-2-8-17-12(9)10/h2,4,8,10-11,18H,1,3,5-7H2. The lowest BCUT2D eigenvalue weighted by Gasteiger charge is -2.28. The van der Waals surface area contributed by atoms with E-state index in [1.807, 2.05) is 12.1 Å². The number of pyridine rings is 1. The number of alkyl halides is 3. The summed E-state index contributed by atoms with van der Waals surface area (Å²) in [6, 6.07) is 3.76. The summed E-state index contributed by atoms with van der Waals surface area (Å²) in [5.74, 6) is -0.253. The SMILES string of the molecule is OC(CCC(F)(F)F)C1CCCc2cccnc21. The average molecular weight is 259 g/mol. The van der Waals surface area contributed by atoms with Crippen LogP contribution in [0.3, 0.4) is 0 Å². The second-order valence-corrected chi connectivity index (χ2v) is 4.77. The summed E-state index contributed by atoms with van der Waals surface area (Å²) in [4.78, 5) is 4.22. The Balaban J connectivity index is 2.06. The summed E-state index contributed by atoms with van der Waals surface area (Å²) < 4.78 is 36.5. The third kappa shape index (κ3) is 3.22. The van der Waals surface area contributed by atoms with Crippen molar-refractivity contribution in [3.8, 4) is 0 Å². The lowest BCUT2D eigenvalue weighted by atomic mass is 9.82. The molecule has 0 bridgehead atoms. The molecule has 0 saturated heterocycles. The van der Waals surface area contributed by atoms with E-state index in [4.69, 9.17) is 0 Å². The van der Waals surface area contributed by atoms with Gasteiger partial charge in [0.15, 0.2) is 0 Å². The summed E-state index contributed by atoms with van der Waals surface area (Å²) in [6.45, 7) is 0. The molecule has 2 nitrogen and oxygen atoms in total. The Morgan fingerprint density at radius 1 is 1.44 bits per heavy atom. The second kappa shape index (κ2) is 5.26. The number of aromatic nitrogens is 1. The Morgan fingerprint density at radius 2 is 2.22 bits per heavy atom. The van der Waals surface area contributed by atoms with Crippen molar-refractivity contribution in [2.75, 3.05) is 0 Å². The van der Waals surface area contributed by atoms with E-state index in [9.17, 15) is 18.3 Å². The van der Waals surface area contributed by atoms with Crippen LogP contribution in [-0.2, 0) is 6.42 Å². The molecule has 1 aliphatic carbocycles. The minimum absolute atomic E-state index is 0.246. The molecule has 100 valence electrons. The van der Waals surface area contributed by atoms with Crippen LogP contribution in [0.2, 0.25) is 0 Å². The zero-order valence-electron chi connectivity index (χ0n) is 9.95. The van der Waals surface area contributed by atoms with Crippen LogP contribution in [-0.4, -0.2) is 22.4 Å². The molecule has 18 heavy (non-hydrogen) atoms. The first-order valence-electron chi connectivity index (χ1n) is 6.16. The average Bonchev–Trinajstić information content (AvgIpc) is 2.34. The molecule has 1 N–H and O–H groups in total. The molecule has 0 saturated carbocycles. The molecule has 2 unspecified atom stereocenters. The van der Waals surface area contributed by atoms with Crippen molar-refractivity contribution in [2.45, 2.75) is 50.3 Å². The first kappa shape index (κ1) is 13.3. The predicted octanol–water partition coefficient (Wildman–Crippen LogP) is 3.20. The Bertz CT molecular complexity index is 405. The number of hydrogen-bond donors (Lipinski definition) is 1.